The van der Waals surface area contributed by atoms with Crippen LogP contribution >= 0.6 is 0 Å². The minimum atomic E-state index is -0.187. The summed E-state index contributed by atoms with van der Waals surface area (Å²) in [6, 6.07) is 8.76. The van der Waals surface area contributed by atoms with Gasteiger partial charge in [0.15, 0.2) is 0 Å². The third-order valence-corrected chi connectivity index (χ3v) is 2.20. The van der Waals surface area contributed by atoms with Gasteiger partial charge in [0, 0.05) is 11.9 Å². The second kappa shape index (κ2) is 4.48. The Kier molecular flexibility index (Phi) is 2.86. The Morgan fingerprint density at radius 3 is 2.88 bits per heavy atom. The fourth-order valence-electron chi connectivity index (χ4n) is 1.36. The van der Waals surface area contributed by atoms with Crippen molar-refractivity contribution in [3.05, 3.63) is 47.8 Å². The van der Waals surface area contributed by atoms with Crippen LogP contribution in [-0.2, 0) is 6.54 Å². The molecule has 0 aliphatic rings. The molecule has 0 unspecified atom stereocenters. The van der Waals surface area contributed by atoms with Crippen LogP contribution in [0.2, 0.25) is 0 Å². The van der Waals surface area contributed by atoms with Crippen molar-refractivity contribution >= 4 is 11.6 Å². The maximum atomic E-state index is 11.7. The molecule has 0 radical (unpaired) electrons. The fraction of sp³-hybridized carbons (Fsp3) is 0.0909. The summed E-state index contributed by atoms with van der Waals surface area (Å²) in [6.45, 7) is 0.410. The van der Waals surface area contributed by atoms with E-state index in [0.717, 1.165) is 5.69 Å². The van der Waals surface area contributed by atoms with E-state index in [1.54, 1.807) is 36.5 Å². The number of aromatic nitrogens is 2. The number of benzene rings is 1. The Bertz CT molecular complexity index is 478. The van der Waals surface area contributed by atoms with Gasteiger partial charge in [-0.25, -0.2) is 0 Å². The molecule has 5 nitrogen and oxygen atoms in total. The lowest BCUT2D eigenvalue weighted by molar-refractivity contribution is 0.0951. The van der Waals surface area contributed by atoms with Crippen molar-refractivity contribution in [1.29, 1.82) is 0 Å². The smallest absolute Gasteiger partial charge is 0.253 e. The molecule has 0 aliphatic carbocycles. The summed E-state index contributed by atoms with van der Waals surface area (Å²) in [5.74, 6) is -0.187. The van der Waals surface area contributed by atoms with Gasteiger partial charge in [0.1, 0.15) is 0 Å². The van der Waals surface area contributed by atoms with Crippen LogP contribution in [0.1, 0.15) is 16.1 Å². The topological polar surface area (TPSA) is 83.8 Å². The van der Waals surface area contributed by atoms with Crippen molar-refractivity contribution in [3.63, 3.8) is 0 Å². The standard InChI is InChI=1S/C11H12N4O/c12-10-4-2-1-3-9(10)11(16)13-7-8-5-6-14-15-8/h1-6H,7,12H2,(H,13,16)(H,14,15). The highest BCUT2D eigenvalue weighted by molar-refractivity contribution is 5.98. The lowest BCUT2D eigenvalue weighted by Crippen LogP contribution is -2.23. The molecule has 1 heterocycles. The van der Waals surface area contributed by atoms with Gasteiger partial charge in [0.05, 0.1) is 17.8 Å². The lowest BCUT2D eigenvalue weighted by atomic mass is 10.1. The SMILES string of the molecule is Nc1ccccc1C(=O)NCc1ccn[nH]1. The summed E-state index contributed by atoms with van der Waals surface area (Å²) in [7, 11) is 0. The number of carbonyl (C=O) groups is 1. The van der Waals surface area contributed by atoms with Gasteiger partial charge in [-0.15, -0.1) is 0 Å². The number of nitrogens with zero attached hydrogens (tertiary/aromatic N) is 1. The van der Waals surface area contributed by atoms with E-state index in [2.05, 4.69) is 15.5 Å². The van der Waals surface area contributed by atoms with Crippen molar-refractivity contribution < 1.29 is 4.79 Å². The number of para-hydroxylation sites is 1. The normalized spacial score (nSPS) is 10.0. The fourth-order valence-corrected chi connectivity index (χ4v) is 1.36. The molecule has 0 spiro atoms. The molecule has 4 N–H and O–H groups in total. The van der Waals surface area contributed by atoms with Gasteiger partial charge in [-0.05, 0) is 18.2 Å². The molecule has 0 bridgehead atoms. The first-order chi connectivity index (χ1) is 7.77. The predicted molar refractivity (Wildman–Crippen MR) is 60.6 cm³/mol. The maximum Gasteiger partial charge on any atom is 0.253 e. The molecule has 2 rings (SSSR count). The molecule has 5 heteroatoms. The molecule has 0 atom stereocenters. The first kappa shape index (κ1) is 10.2. The number of nitrogen functional groups attached to an aromatic ring is 1. The van der Waals surface area contributed by atoms with Crippen molar-refractivity contribution in [2.24, 2.45) is 0 Å². The number of H-pyrrole nitrogens is 1. The molecule has 1 amide bonds. The monoisotopic (exact) mass is 216 g/mol. The Labute approximate surface area is 92.7 Å². The van der Waals surface area contributed by atoms with Gasteiger partial charge in [-0.1, -0.05) is 12.1 Å². The third kappa shape index (κ3) is 2.20. The van der Waals surface area contributed by atoms with E-state index >= 15 is 0 Å². The number of amides is 1. The molecule has 0 fully saturated rings. The molecule has 1 aromatic carbocycles. The minimum Gasteiger partial charge on any atom is -0.398 e. The van der Waals surface area contributed by atoms with Crippen molar-refractivity contribution in [2.45, 2.75) is 6.54 Å². The van der Waals surface area contributed by atoms with Gasteiger partial charge in [-0.2, -0.15) is 5.10 Å². The number of carbonyl (C=O) groups excluding carboxylic acids is 1. The summed E-state index contributed by atoms with van der Waals surface area (Å²) in [5.41, 5.74) is 7.50. The molecule has 0 aliphatic heterocycles. The van der Waals surface area contributed by atoms with E-state index in [1.807, 2.05) is 0 Å². The maximum absolute atomic E-state index is 11.7. The van der Waals surface area contributed by atoms with E-state index in [0.29, 0.717) is 17.8 Å². The first-order valence-electron chi connectivity index (χ1n) is 4.88. The lowest BCUT2D eigenvalue weighted by Gasteiger charge is -2.05. The molecule has 1 aromatic heterocycles. The van der Waals surface area contributed by atoms with Gasteiger partial charge < -0.3 is 11.1 Å². The molecule has 82 valence electrons. The van der Waals surface area contributed by atoms with Crippen LogP contribution in [0.15, 0.2) is 36.5 Å². The zero-order valence-corrected chi connectivity index (χ0v) is 8.60. The molecular weight excluding hydrogens is 204 g/mol. The highest BCUT2D eigenvalue weighted by Crippen LogP contribution is 2.09. The van der Waals surface area contributed by atoms with E-state index < -0.39 is 0 Å². The second-order valence-corrected chi connectivity index (χ2v) is 3.35. The Balaban J connectivity index is 2.01. The Hall–Kier alpha value is -2.30. The van der Waals surface area contributed by atoms with Crippen LogP contribution < -0.4 is 11.1 Å². The van der Waals surface area contributed by atoms with Crippen molar-refractivity contribution in [1.82, 2.24) is 15.5 Å². The molecule has 0 saturated heterocycles. The van der Waals surface area contributed by atoms with Crippen LogP contribution in [0.3, 0.4) is 0 Å². The van der Waals surface area contributed by atoms with E-state index in [4.69, 9.17) is 5.73 Å². The molecular formula is C11H12N4O. The highest BCUT2D eigenvalue weighted by atomic mass is 16.1. The van der Waals surface area contributed by atoms with Gasteiger partial charge in [-0.3, -0.25) is 9.89 Å². The Morgan fingerprint density at radius 2 is 2.19 bits per heavy atom. The van der Waals surface area contributed by atoms with E-state index in [1.165, 1.54) is 0 Å². The average Bonchev–Trinajstić information content (AvgIpc) is 2.79. The van der Waals surface area contributed by atoms with Crippen LogP contribution in [0, 0.1) is 0 Å². The minimum absolute atomic E-state index is 0.187. The zero-order chi connectivity index (χ0) is 11.4. The second-order valence-electron chi connectivity index (χ2n) is 3.35. The third-order valence-electron chi connectivity index (χ3n) is 2.20. The summed E-state index contributed by atoms with van der Waals surface area (Å²) >= 11 is 0. The molecule has 2 aromatic rings. The van der Waals surface area contributed by atoms with Crippen LogP contribution in [0.4, 0.5) is 5.69 Å². The number of nitrogens with one attached hydrogen (secondary N) is 2. The van der Waals surface area contributed by atoms with Gasteiger partial charge in [0.25, 0.3) is 5.91 Å². The zero-order valence-electron chi connectivity index (χ0n) is 8.60. The predicted octanol–water partition coefficient (Wildman–Crippen LogP) is 0.922. The molecule has 0 saturated carbocycles. The van der Waals surface area contributed by atoms with E-state index in [-0.39, 0.29) is 5.91 Å². The quantitative estimate of drug-likeness (QED) is 0.667. The summed E-state index contributed by atoms with van der Waals surface area (Å²) < 4.78 is 0. The number of anilines is 1. The number of hydrogen-bond acceptors (Lipinski definition) is 3. The first-order valence-corrected chi connectivity index (χ1v) is 4.88. The number of aromatic amines is 1. The van der Waals surface area contributed by atoms with Gasteiger partial charge in [0.2, 0.25) is 0 Å². The average molecular weight is 216 g/mol. The summed E-state index contributed by atoms with van der Waals surface area (Å²) in [5, 5.41) is 9.30. The number of nitrogens with two attached hydrogens (primary N) is 1. The number of rotatable bonds is 3. The van der Waals surface area contributed by atoms with Crippen molar-refractivity contribution in [2.75, 3.05) is 5.73 Å². The van der Waals surface area contributed by atoms with Crippen LogP contribution in [0.5, 0.6) is 0 Å². The van der Waals surface area contributed by atoms with Crippen molar-refractivity contribution in [3.8, 4) is 0 Å². The van der Waals surface area contributed by atoms with Gasteiger partial charge >= 0.3 is 0 Å². The largest absolute Gasteiger partial charge is 0.398 e. The van der Waals surface area contributed by atoms with Crippen LogP contribution in [-0.4, -0.2) is 16.1 Å². The highest BCUT2D eigenvalue weighted by Gasteiger charge is 2.08. The molecule has 16 heavy (non-hydrogen) atoms. The summed E-state index contributed by atoms with van der Waals surface area (Å²) in [4.78, 5) is 11.7. The number of hydrogen-bond donors (Lipinski definition) is 3. The summed E-state index contributed by atoms with van der Waals surface area (Å²) in [6.07, 6.45) is 1.64. The van der Waals surface area contributed by atoms with Crippen LogP contribution in [0.25, 0.3) is 0 Å². The van der Waals surface area contributed by atoms with E-state index in [9.17, 15) is 4.79 Å². The Morgan fingerprint density at radius 1 is 1.38 bits per heavy atom.